The molecule has 0 aliphatic rings. The van der Waals surface area contributed by atoms with Crippen LogP contribution in [0.5, 0.6) is 0 Å². The number of anilines is 1. The molecule has 2 aromatic rings. The van der Waals surface area contributed by atoms with Gasteiger partial charge in [-0.2, -0.15) is 0 Å². The van der Waals surface area contributed by atoms with Gasteiger partial charge in [0.1, 0.15) is 5.82 Å². The summed E-state index contributed by atoms with van der Waals surface area (Å²) in [5, 5.41) is 3.09. The number of carbonyl (C=O) groups excluding carboxylic acids is 1. The molecule has 19 heavy (non-hydrogen) atoms. The second kappa shape index (κ2) is 5.90. The minimum Gasteiger partial charge on any atom is -0.319 e. The highest BCUT2D eigenvalue weighted by atomic mass is 79.9. The Morgan fingerprint density at radius 3 is 2.47 bits per heavy atom. The molecule has 0 aliphatic heterocycles. The van der Waals surface area contributed by atoms with Crippen molar-refractivity contribution in [3.05, 3.63) is 62.3 Å². The van der Waals surface area contributed by atoms with Crippen molar-refractivity contribution < 1.29 is 9.18 Å². The molecule has 0 fully saturated rings. The van der Waals surface area contributed by atoms with E-state index in [1.165, 1.54) is 30.3 Å². The lowest BCUT2D eigenvalue weighted by atomic mass is 10.2. The van der Waals surface area contributed by atoms with Crippen molar-refractivity contribution in [3.63, 3.8) is 0 Å². The van der Waals surface area contributed by atoms with Crippen LogP contribution >= 0.6 is 39.1 Å². The molecule has 0 bridgehead atoms. The predicted octanol–water partition coefficient (Wildman–Crippen LogP) is 5.15. The van der Waals surface area contributed by atoms with Gasteiger partial charge in [-0.1, -0.05) is 39.1 Å². The Labute approximate surface area is 127 Å². The van der Waals surface area contributed by atoms with Gasteiger partial charge in [0, 0.05) is 10.0 Å². The largest absolute Gasteiger partial charge is 0.319 e. The van der Waals surface area contributed by atoms with Gasteiger partial charge in [-0.05, 0) is 36.4 Å². The molecular weight excluding hydrogens is 356 g/mol. The molecule has 2 nitrogen and oxygen atoms in total. The lowest BCUT2D eigenvalue weighted by Gasteiger charge is -2.07. The summed E-state index contributed by atoms with van der Waals surface area (Å²) in [5.41, 5.74) is 0.399. The van der Waals surface area contributed by atoms with Gasteiger partial charge in [0.25, 0.3) is 5.91 Å². The van der Waals surface area contributed by atoms with E-state index in [2.05, 4.69) is 21.2 Å². The van der Waals surface area contributed by atoms with Crippen molar-refractivity contribution in [2.24, 2.45) is 0 Å². The van der Waals surface area contributed by atoms with Crippen LogP contribution in [-0.2, 0) is 0 Å². The number of benzene rings is 2. The maximum Gasteiger partial charge on any atom is 0.255 e. The monoisotopic (exact) mass is 361 g/mol. The minimum atomic E-state index is -0.525. The van der Waals surface area contributed by atoms with E-state index in [1.807, 2.05) is 0 Å². The Morgan fingerprint density at radius 1 is 1.11 bits per heavy atom. The average Bonchev–Trinajstić information content (AvgIpc) is 2.36. The van der Waals surface area contributed by atoms with E-state index in [0.717, 1.165) is 0 Å². The summed E-state index contributed by atoms with van der Waals surface area (Å²) in [6.07, 6.45) is 0. The summed E-state index contributed by atoms with van der Waals surface area (Å²) < 4.78 is 14.2. The van der Waals surface area contributed by atoms with Gasteiger partial charge in [0.05, 0.1) is 15.7 Å². The standard InChI is InChI=1S/C13H7BrCl2FNO/c14-8-2-4-12(11(17)6-8)18-13(19)7-1-3-9(15)10(16)5-7/h1-6H,(H,18,19). The number of halogens is 4. The fourth-order valence-electron chi connectivity index (χ4n) is 1.42. The van der Waals surface area contributed by atoms with E-state index in [4.69, 9.17) is 23.2 Å². The normalized spacial score (nSPS) is 10.3. The molecule has 2 aromatic carbocycles. The quantitative estimate of drug-likeness (QED) is 0.786. The molecule has 0 radical (unpaired) electrons. The smallest absolute Gasteiger partial charge is 0.255 e. The van der Waals surface area contributed by atoms with Crippen molar-refractivity contribution in [2.45, 2.75) is 0 Å². The van der Waals surface area contributed by atoms with E-state index >= 15 is 0 Å². The van der Waals surface area contributed by atoms with Gasteiger partial charge >= 0.3 is 0 Å². The molecule has 0 heterocycles. The summed E-state index contributed by atoms with van der Waals surface area (Å²) in [5.74, 6) is -0.984. The number of hydrogen-bond acceptors (Lipinski definition) is 1. The molecular formula is C13H7BrCl2FNO. The number of carbonyl (C=O) groups is 1. The zero-order chi connectivity index (χ0) is 14.0. The lowest BCUT2D eigenvalue weighted by molar-refractivity contribution is 0.102. The van der Waals surface area contributed by atoms with Gasteiger partial charge in [-0.15, -0.1) is 0 Å². The third kappa shape index (κ3) is 3.47. The molecule has 0 aliphatic carbocycles. The van der Waals surface area contributed by atoms with E-state index in [0.29, 0.717) is 15.1 Å². The molecule has 0 atom stereocenters. The number of amides is 1. The average molecular weight is 363 g/mol. The molecule has 98 valence electrons. The third-order valence-corrected chi connectivity index (χ3v) is 3.59. The highest BCUT2D eigenvalue weighted by Crippen LogP contribution is 2.24. The van der Waals surface area contributed by atoms with E-state index in [-0.39, 0.29) is 10.7 Å². The van der Waals surface area contributed by atoms with Crippen molar-refractivity contribution in [1.29, 1.82) is 0 Å². The third-order valence-electron chi connectivity index (χ3n) is 2.36. The Kier molecular flexibility index (Phi) is 4.45. The number of nitrogens with one attached hydrogen (secondary N) is 1. The zero-order valence-electron chi connectivity index (χ0n) is 9.38. The Balaban J connectivity index is 2.23. The van der Waals surface area contributed by atoms with Gasteiger partial charge in [-0.3, -0.25) is 4.79 Å². The first-order valence-corrected chi connectivity index (χ1v) is 6.74. The molecule has 6 heteroatoms. The summed E-state index contributed by atoms with van der Waals surface area (Å²) in [6.45, 7) is 0. The van der Waals surface area contributed by atoms with Crippen LogP contribution in [0, 0.1) is 5.82 Å². The molecule has 0 saturated heterocycles. The predicted molar refractivity (Wildman–Crippen MR) is 78.5 cm³/mol. The molecule has 0 aromatic heterocycles. The molecule has 1 N–H and O–H groups in total. The second-order valence-electron chi connectivity index (χ2n) is 3.71. The zero-order valence-corrected chi connectivity index (χ0v) is 12.5. The molecule has 0 unspecified atom stereocenters. The molecule has 0 spiro atoms. The topological polar surface area (TPSA) is 29.1 Å². The fraction of sp³-hybridized carbons (Fsp3) is 0. The van der Waals surface area contributed by atoms with Crippen molar-refractivity contribution in [1.82, 2.24) is 0 Å². The van der Waals surface area contributed by atoms with Crippen LogP contribution in [0.15, 0.2) is 40.9 Å². The fourth-order valence-corrected chi connectivity index (χ4v) is 2.05. The van der Waals surface area contributed by atoms with Gasteiger partial charge in [0.2, 0.25) is 0 Å². The summed E-state index contributed by atoms with van der Waals surface area (Å²) in [4.78, 5) is 11.9. The SMILES string of the molecule is O=C(Nc1ccc(Br)cc1F)c1ccc(Cl)c(Cl)c1. The van der Waals surface area contributed by atoms with Crippen LogP contribution in [0.4, 0.5) is 10.1 Å². The van der Waals surface area contributed by atoms with Gasteiger partial charge in [0.15, 0.2) is 0 Å². The second-order valence-corrected chi connectivity index (χ2v) is 5.44. The van der Waals surface area contributed by atoms with E-state index < -0.39 is 11.7 Å². The molecule has 1 amide bonds. The summed E-state index contributed by atoms with van der Waals surface area (Å²) >= 11 is 14.7. The van der Waals surface area contributed by atoms with Crippen molar-refractivity contribution in [3.8, 4) is 0 Å². The maximum absolute atomic E-state index is 13.6. The Morgan fingerprint density at radius 2 is 1.84 bits per heavy atom. The Bertz CT molecular complexity index is 649. The Hall–Kier alpha value is -1.10. The first-order chi connectivity index (χ1) is 8.97. The highest BCUT2D eigenvalue weighted by molar-refractivity contribution is 9.10. The number of rotatable bonds is 2. The molecule has 0 saturated carbocycles. The van der Waals surface area contributed by atoms with Crippen LogP contribution < -0.4 is 5.32 Å². The van der Waals surface area contributed by atoms with Gasteiger partial charge < -0.3 is 5.32 Å². The number of hydrogen-bond donors (Lipinski definition) is 1. The van der Waals surface area contributed by atoms with E-state index in [1.54, 1.807) is 6.07 Å². The van der Waals surface area contributed by atoms with Crippen LogP contribution in [0.1, 0.15) is 10.4 Å². The first-order valence-electron chi connectivity index (χ1n) is 5.19. The van der Waals surface area contributed by atoms with Crippen LogP contribution in [0.2, 0.25) is 10.0 Å². The van der Waals surface area contributed by atoms with Crippen molar-refractivity contribution >= 4 is 50.7 Å². The van der Waals surface area contributed by atoms with Crippen molar-refractivity contribution in [2.75, 3.05) is 5.32 Å². The van der Waals surface area contributed by atoms with Crippen LogP contribution in [0.3, 0.4) is 0 Å². The maximum atomic E-state index is 13.6. The first kappa shape index (κ1) is 14.3. The molecule has 2 rings (SSSR count). The summed E-state index contributed by atoms with van der Waals surface area (Å²) in [7, 11) is 0. The lowest BCUT2D eigenvalue weighted by Crippen LogP contribution is -2.12. The van der Waals surface area contributed by atoms with Gasteiger partial charge in [-0.25, -0.2) is 4.39 Å². The van der Waals surface area contributed by atoms with Crippen LogP contribution in [-0.4, -0.2) is 5.91 Å². The van der Waals surface area contributed by atoms with E-state index in [9.17, 15) is 9.18 Å². The summed E-state index contributed by atoms with van der Waals surface area (Å²) in [6, 6.07) is 8.82. The minimum absolute atomic E-state index is 0.0965. The highest BCUT2D eigenvalue weighted by Gasteiger charge is 2.11. The van der Waals surface area contributed by atoms with Crippen LogP contribution in [0.25, 0.3) is 0 Å².